The third-order valence-electron chi connectivity index (χ3n) is 3.78. The molecule has 25 heavy (non-hydrogen) atoms. The Kier molecular flexibility index (Phi) is 5.40. The second kappa shape index (κ2) is 7.72. The summed E-state index contributed by atoms with van der Waals surface area (Å²) in [5.74, 6) is 1.26. The number of ether oxygens (including phenoxy) is 2. The van der Waals surface area contributed by atoms with Gasteiger partial charge >= 0.3 is 0 Å². The number of benzene rings is 2. The number of carbonyl (C=O) groups excluding carboxylic acids is 1. The quantitative estimate of drug-likeness (QED) is 0.584. The van der Waals surface area contributed by atoms with Crippen LogP contribution in [0.2, 0.25) is 0 Å². The molecule has 1 amide bonds. The molecule has 128 valence electrons. The highest BCUT2D eigenvalue weighted by Gasteiger charge is 2.32. The lowest BCUT2D eigenvalue weighted by atomic mass is 10.1. The average Bonchev–Trinajstić information content (AvgIpc) is 2.90. The van der Waals surface area contributed by atoms with E-state index in [9.17, 15) is 4.79 Å². The third kappa shape index (κ3) is 3.86. The number of hydrogen-bond acceptors (Lipinski definition) is 5. The van der Waals surface area contributed by atoms with Gasteiger partial charge in [-0.15, -0.1) is 0 Å². The topological polar surface area (TPSA) is 38.8 Å². The third-order valence-corrected chi connectivity index (χ3v) is 5.16. The molecular formula is C19H17NO3S2. The summed E-state index contributed by atoms with van der Waals surface area (Å²) in [6.07, 6.45) is 1.81. The van der Waals surface area contributed by atoms with Crippen LogP contribution in [-0.4, -0.2) is 29.3 Å². The Hall–Kier alpha value is -2.31. The van der Waals surface area contributed by atoms with Gasteiger partial charge in [0.2, 0.25) is 0 Å². The normalized spacial score (nSPS) is 15.8. The van der Waals surface area contributed by atoms with E-state index in [0.29, 0.717) is 27.3 Å². The predicted octanol–water partition coefficient (Wildman–Crippen LogP) is 4.11. The van der Waals surface area contributed by atoms with Crippen LogP contribution in [-0.2, 0) is 11.3 Å². The summed E-state index contributed by atoms with van der Waals surface area (Å²) >= 11 is 6.69. The Morgan fingerprint density at radius 2 is 1.88 bits per heavy atom. The molecule has 2 aromatic carbocycles. The van der Waals surface area contributed by atoms with E-state index in [2.05, 4.69) is 0 Å². The molecule has 0 atom stereocenters. The second-order valence-electron chi connectivity index (χ2n) is 5.36. The van der Waals surface area contributed by atoms with Crippen LogP contribution < -0.4 is 9.47 Å². The molecule has 3 rings (SSSR count). The molecule has 0 N–H and O–H groups in total. The van der Waals surface area contributed by atoms with Gasteiger partial charge in [-0.25, -0.2) is 0 Å². The van der Waals surface area contributed by atoms with Gasteiger partial charge in [0, 0.05) is 11.6 Å². The molecule has 6 heteroatoms. The molecule has 1 aliphatic heterocycles. The zero-order valence-corrected chi connectivity index (χ0v) is 15.5. The van der Waals surface area contributed by atoms with E-state index in [-0.39, 0.29) is 5.91 Å². The van der Waals surface area contributed by atoms with Crippen molar-refractivity contribution in [2.75, 3.05) is 14.2 Å². The first kappa shape index (κ1) is 17.5. The minimum Gasteiger partial charge on any atom is -0.497 e. The lowest BCUT2D eigenvalue weighted by Crippen LogP contribution is -2.27. The van der Waals surface area contributed by atoms with Crippen molar-refractivity contribution in [2.24, 2.45) is 0 Å². The molecule has 1 aliphatic rings. The van der Waals surface area contributed by atoms with Crippen LogP contribution in [0.4, 0.5) is 0 Å². The van der Waals surface area contributed by atoms with E-state index in [1.165, 1.54) is 11.8 Å². The van der Waals surface area contributed by atoms with E-state index in [0.717, 1.165) is 11.1 Å². The van der Waals surface area contributed by atoms with Gasteiger partial charge in [-0.1, -0.05) is 54.3 Å². The first-order valence-electron chi connectivity index (χ1n) is 7.63. The Balaban J connectivity index is 1.85. The SMILES string of the molecule is COc1ccc(C=C2SC(=S)N(Cc3ccccc3)C2=O)c(OC)c1. The van der Waals surface area contributed by atoms with Crippen LogP contribution >= 0.6 is 24.0 Å². The van der Waals surface area contributed by atoms with E-state index in [4.69, 9.17) is 21.7 Å². The van der Waals surface area contributed by atoms with Gasteiger partial charge in [0.15, 0.2) is 0 Å². The van der Waals surface area contributed by atoms with Crippen LogP contribution in [0.25, 0.3) is 6.08 Å². The maximum absolute atomic E-state index is 12.7. The first-order valence-corrected chi connectivity index (χ1v) is 8.86. The Morgan fingerprint density at radius 3 is 2.56 bits per heavy atom. The predicted molar refractivity (Wildman–Crippen MR) is 105 cm³/mol. The van der Waals surface area contributed by atoms with Crippen LogP contribution in [0.5, 0.6) is 11.5 Å². The summed E-state index contributed by atoms with van der Waals surface area (Å²) in [6.45, 7) is 0.475. The molecule has 0 aromatic heterocycles. The van der Waals surface area contributed by atoms with Crippen LogP contribution in [0.15, 0.2) is 53.4 Å². The average molecular weight is 371 g/mol. The van der Waals surface area contributed by atoms with E-state index >= 15 is 0 Å². The Morgan fingerprint density at radius 1 is 1.12 bits per heavy atom. The van der Waals surface area contributed by atoms with Crippen LogP contribution in [0, 0.1) is 0 Å². The molecule has 0 radical (unpaired) electrons. The number of thioether (sulfide) groups is 1. The lowest BCUT2D eigenvalue weighted by Gasteiger charge is -2.14. The highest BCUT2D eigenvalue weighted by atomic mass is 32.2. The van der Waals surface area contributed by atoms with E-state index in [1.54, 1.807) is 25.2 Å². The van der Waals surface area contributed by atoms with E-state index in [1.807, 2.05) is 48.5 Å². The summed E-state index contributed by atoms with van der Waals surface area (Å²) < 4.78 is 11.2. The Labute approximate surface area is 156 Å². The minimum absolute atomic E-state index is 0.0864. The maximum atomic E-state index is 12.7. The van der Waals surface area contributed by atoms with Gasteiger partial charge in [0.25, 0.3) is 5.91 Å². The van der Waals surface area contributed by atoms with Gasteiger partial charge in [-0.2, -0.15) is 0 Å². The first-order chi connectivity index (χ1) is 12.1. The molecule has 0 saturated carbocycles. The van der Waals surface area contributed by atoms with Gasteiger partial charge in [-0.3, -0.25) is 9.69 Å². The summed E-state index contributed by atoms with van der Waals surface area (Å²) in [5, 5.41) is 0. The molecule has 1 fully saturated rings. The number of amides is 1. The minimum atomic E-state index is -0.0864. The van der Waals surface area contributed by atoms with Gasteiger partial charge in [-0.05, 0) is 23.8 Å². The molecule has 1 heterocycles. The smallest absolute Gasteiger partial charge is 0.266 e. The molecule has 1 saturated heterocycles. The molecular weight excluding hydrogens is 354 g/mol. The molecule has 2 aromatic rings. The largest absolute Gasteiger partial charge is 0.497 e. The molecule has 0 bridgehead atoms. The zero-order chi connectivity index (χ0) is 17.8. The molecule has 4 nitrogen and oxygen atoms in total. The van der Waals surface area contributed by atoms with Crippen molar-refractivity contribution in [2.45, 2.75) is 6.54 Å². The van der Waals surface area contributed by atoms with Gasteiger partial charge in [0.1, 0.15) is 15.8 Å². The van der Waals surface area contributed by atoms with Crippen LogP contribution in [0.1, 0.15) is 11.1 Å². The monoisotopic (exact) mass is 371 g/mol. The number of carbonyl (C=O) groups is 1. The van der Waals surface area contributed by atoms with Crippen LogP contribution in [0.3, 0.4) is 0 Å². The number of nitrogens with zero attached hydrogens (tertiary/aromatic N) is 1. The number of hydrogen-bond donors (Lipinski definition) is 0. The highest BCUT2D eigenvalue weighted by Crippen LogP contribution is 2.35. The number of rotatable bonds is 5. The fourth-order valence-corrected chi connectivity index (χ4v) is 3.73. The van der Waals surface area contributed by atoms with Crippen molar-refractivity contribution in [3.63, 3.8) is 0 Å². The van der Waals surface area contributed by atoms with Crippen molar-refractivity contribution in [1.82, 2.24) is 4.90 Å². The molecule has 0 spiro atoms. The Bertz CT molecular complexity index is 834. The van der Waals surface area contributed by atoms with Crippen molar-refractivity contribution in [1.29, 1.82) is 0 Å². The lowest BCUT2D eigenvalue weighted by molar-refractivity contribution is -0.122. The number of thiocarbonyl (C=S) groups is 1. The van der Waals surface area contributed by atoms with Crippen molar-refractivity contribution in [3.8, 4) is 11.5 Å². The maximum Gasteiger partial charge on any atom is 0.266 e. The fourth-order valence-electron chi connectivity index (χ4n) is 2.48. The number of methoxy groups -OCH3 is 2. The summed E-state index contributed by atoms with van der Waals surface area (Å²) in [4.78, 5) is 14.9. The highest BCUT2D eigenvalue weighted by molar-refractivity contribution is 8.26. The van der Waals surface area contributed by atoms with Gasteiger partial charge in [0.05, 0.1) is 25.7 Å². The van der Waals surface area contributed by atoms with E-state index < -0.39 is 0 Å². The molecule has 0 aliphatic carbocycles. The summed E-state index contributed by atoms with van der Waals surface area (Å²) in [7, 11) is 3.19. The zero-order valence-electron chi connectivity index (χ0n) is 13.9. The fraction of sp³-hybridized carbons (Fsp3) is 0.158. The summed E-state index contributed by atoms with van der Waals surface area (Å²) in [5.41, 5.74) is 1.85. The van der Waals surface area contributed by atoms with Crippen molar-refractivity contribution < 1.29 is 14.3 Å². The standard InChI is InChI=1S/C19H17NO3S2/c1-22-15-9-8-14(16(11-15)23-2)10-17-18(21)20(19(24)25-17)12-13-6-4-3-5-7-13/h3-11H,12H2,1-2H3. The summed E-state index contributed by atoms with van der Waals surface area (Å²) in [6, 6.07) is 15.3. The van der Waals surface area contributed by atoms with Gasteiger partial charge < -0.3 is 9.47 Å². The molecule has 0 unspecified atom stereocenters. The van der Waals surface area contributed by atoms with Crippen molar-refractivity contribution in [3.05, 3.63) is 64.6 Å². The second-order valence-corrected chi connectivity index (χ2v) is 7.04. The van der Waals surface area contributed by atoms with Crippen molar-refractivity contribution >= 4 is 40.3 Å².